The standard InChI is InChI=1S/C26H29N5O4/c1-30(2)12-11-27-26(32)18-8-6-7-17(13-18)21-16-28-24-10-9-20(29-31(21)24)19-14-22(33-3)25(35-5)23(15-19)34-4/h6-10,13-16H,11-12H2,1-5H3,(H,27,32). The molecule has 2 aromatic carbocycles. The van der Waals surface area contributed by atoms with E-state index < -0.39 is 0 Å². The van der Waals surface area contributed by atoms with E-state index in [1.165, 1.54) is 0 Å². The van der Waals surface area contributed by atoms with Crippen LogP contribution in [0.2, 0.25) is 0 Å². The maximum atomic E-state index is 12.6. The van der Waals surface area contributed by atoms with Crippen LogP contribution in [0.25, 0.3) is 28.2 Å². The van der Waals surface area contributed by atoms with Crippen LogP contribution in [0.4, 0.5) is 0 Å². The van der Waals surface area contributed by atoms with Gasteiger partial charge in [0.15, 0.2) is 17.1 Å². The van der Waals surface area contributed by atoms with Gasteiger partial charge in [-0.2, -0.15) is 5.10 Å². The van der Waals surface area contributed by atoms with Crippen molar-refractivity contribution in [2.24, 2.45) is 0 Å². The maximum Gasteiger partial charge on any atom is 0.251 e. The minimum absolute atomic E-state index is 0.117. The summed E-state index contributed by atoms with van der Waals surface area (Å²) in [6, 6.07) is 14.9. The van der Waals surface area contributed by atoms with Crippen LogP contribution in [0.5, 0.6) is 17.2 Å². The molecule has 0 radical (unpaired) electrons. The van der Waals surface area contributed by atoms with E-state index in [2.05, 4.69) is 10.3 Å². The zero-order valence-electron chi connectivity index (χ0n) is 20.5. The van der Waals surface area contributed by atoms with Crippen LogP contribution in [-0.2, 0) is 0 Å². The number of nitrogens with one attached hydrogen (secondary N) is 1. The Bertz CT molecular complexity index is 1320. The number of hydrogen-bond acceptors (Lipinski definition) is 7. The maximum absolute atomic E-state index is 12.6. The summed E-state index contributed by atoms with van der Waals surface area (Å²) in [6.07, 6.45) is 1.75. The Kier molecular flexibility index (Phi) is 7.17. The SMILES string of the molecule is COc1cc(-c2ccc3ncc(-c4cccc(C(=O)NCCN(C)C)c4)n3n2)cc(OC)c1OC. The molecule has 2 aromatic heterocycles. The average Bonchev–Trinajstić information content (AvgIpc) is 3.30. The van der Waals surface area contributed by atoms with Gasteiger partial charge in [0.05, 0.1) is 38.9 Å². The topological polar surface area (TPSA) is 90.2 Å². The first-order valence-corrected chi connectivity index (χ1v) is 11.1. The van der Waals surface area contributed by atoms with E-state index in [4.69, 9.17) is 19.3 Å². The highest BCUT2D eigenvalue weighted by Gasteiger charge is 2.16. The number of methoxy groups -OCH3 is 3. The average molecular weight is 476 g/mol. The van der Waals surface area contributed by atoms with Crippen LogP contribution >= 0.6 is 0 Å². The normalized spacial score (nSPS) is 11.0. The molecule has 9 nitrogen and oxygen atoms in total. The molecule has 0 aliphatic carbocycles. The number of likely N-dealkylation sites (N-methyl/N-ethyl adjacent to an activating group) is 1. The van der Waals surface area contributed by atoms with Crippen molar-refractivity contribution in [1.29, 1.82) is 0 Å². The second-order valence-electron chi connectivity index (χ2n) is 8.19. The lowest BCUT2D eigenvalue weighted by Gasteiger charge is -2.14. The molecule has 182 valence electrons. The van der Waals surface area contributed by atoms with E-state index in [-0.39, 0.29) is 5.91 Å². The van der Waals surface area contributed by atoms with E-state index in [0.717, 1.165) is 23.4 Å². The van der Waals surface area contributed by atoms with Gasteiger partial charge in [0.1, 0.15) is 0 Å². The molecular weight excluding hydrogens is 446 g/mol. The van der Waals surface area contributed by atoms with Gasteiger partial charge < -0.3 is 24.4 Å². The van der Waals surface area contributed by atoms with Crippen molar-refractivity contribution in [2.75, 3.05) is 48.5 Å². The minimum Gasteiger partial charge on any atom is -0.493 e. The number of benzene rings is 2. The Morgan fingerprint density at radius 1 is 0.971 bits per heavy atom. The van der Waals surface area contributed by atoms with E-state index in [1.807, 2.05) is 61.5 Å². The fourth-order valence-corrected chi connectivity index (χ4v) is 3.77. The van der Waals surface area contributed by atoms with Crippen molar-refractivity contribution >= 4 is 11.6 Å². The molecule has 0 saturated heterocycles. The van der Waals surface area contributed by atoms with E-state index >= 15 is 0 Å². The Morgan fingerprint density at radius 3 is 2.37 bits per heavy atom. The van der Waals surface area contributed by atoms with E-state index in [9.17, 15) is 4.79 Å². The third kappa shape index (κ3) is 5.04. The molecule has 4 aromatic rings. The third-order valence-electron chi connectivity index (χ3n) is 5.59. The zero-order valence-corrected chi connectivity index (χ0v) is 20.5. The van der Waals surface area contributed by atoms with Crippen LogP contribution in [0.15, 0.2) is 54.7 Å². The lowest BCUT2D eigenvalue weighted by molar-refractivity contribution is 0.0951. The molecule has 0 aliphatic heterocycles. The molecule has 0 bridgehead atoms. The Balaban J connectivity index is 1.71. The van der Waals surface area contributed by atoms with Crippen LogP contribution < -0.4 is 19.5 Å². The first kappa shape index (κ1) is 24.0. The number of amides is 1. The fraction of sp³-hybridized carbons (Fsp3) is 0.269. The highest BCUT2D eigenvalue weighted by atomic mass is 16.5. The van der Waals surface area contributed by atoms with Crippen molar-refractivity contribution in [3.63, 3.8) is 0 Å². The van der Waals surface area contributed by atoms with Crippen LogP contribution in [-0.4, -0.2) is 73.9 Å². The molecule has 35 heavy (non-hydrogen) atoms. The number of rotatable bonds is 9. The van der Waals surface area contributed by atoms with Gasteiger partial charge >= 0.3 is 0 Å². The molecule has 2 heterocycles. The molecule has 1 amide bonds. The summed E-state index contributed by atoms with van der Waals surface area (Å²) in [5.41, 5.74) is 4.39. The molecule has 4 rings (SSSR count). The number of ether oxygens (including phenoxy) is 3. The third-order valence-corrected chi connectivity index (χ3v) is 5.59. The van der Waals surface area contributed by atoms with Gasteiger partial charge in [-0.15, -0.1) is 0 Å². The van der Waals surface area contributed by atoms with Crippen LogP contribution in [0.3, 0.4) is 0 Å². The van der Waals surface area contributed by atoms with Crippen molar-refractivity contribution in [1.82, 2.24) is 24.8 Å². The first-order chi connectivity index (χ1) is 16.9. The molecule has 0 saturated carbocycles. The second kappa shape index (κ2) is 10.4. The fourth-order valence-electron chi connectivity index (χ4n) is 3.77. The largest absolute Gasteiger partial charge is 0.493 e. The Morgan fingerprint density at radius 2 is 1.71 bits per heavy atom. The Hall–Kier alpha value is -4.11. The molecular formula is C26H29N5O4. The number of nitrogens with zero attached hydrogens (tertiary/aromatic N) is 4. The van der Waals surface area contributed by atoms with Gasteiger partial charge in [-0.1, -0.05) is 12.1 Å². The number of carbonyl (C=O) groups is 1. The van der Waals surface area contributed by atoms with Gasteiger partial charge in [-0.25, -0.2) is 9.50 Å². The molecule has 0 spiro atoms. The molecule has 0 fully saturated rings. The highest BCUT2D eigenvalue weighted by Crippen LogP contribution is 2.40. The summed E-state index contributed by atoms with van der Waals surface area (Å²) < 4.78 is 18.2. The van der Waals surface area contributed by atoms with Crippen LogP contribution in [0.1, 0.15) is 10.4 Å². The van der Waals surface area contributed by atoms with Crippen molar-refractivity contribution in [2.45, 2.75) is 0 Å². The van der Waals surface area contributed by atoms with Gasteiger partial charge in [0.25, 0.3) is 5.91 Å². The lowest BCUT2D eigenvalue weighted by Crippen LogP contribution is -2.31. The summed E-state index contributed by atoms with van der Waals surface area (Å²) in [4.78, 5) is 19.1. The number of fused-ring (bicyclic) bond motifs is 1. The molecule has 0 unspecified atom stereocenters. The van der Waals surface area contributed by atoms with Gasteiger partial charge in [-0.05, 0) is 50.5 Å². The molecule has 0 atom stereocenters. The van der Waals surface area contributed by atoms with Gasteiger partial charge in [0.2, 0.25) is 5.75 Å². The van der Waals surface area contributed by atoms with Gasteiger partial charge in [0, 0.05) is 29.8 Å². The smallest absolute Gasteiger partial charge is 0.251 e. The Labute approximate surface area is 204 Å². The molecule has 0 aliphatic rings. The first-order valence-electron chi connectivity index (χ1n) is 11.1. The minimum atomic E-state index is -0.117. The number of carbonyl (C=O) groups excluding carboxylic acids is 1. The summed E-state index contributed by atoms with van der Waals surface area (Å²) in [5.74, 6) is 1.49. The van der Waals surface area contributed by atoms with Crippen molar-refractivity contribution in [3.05, 3.63) is 60.3 Å². The molecule has 1 N–H and O–H groups in total. The summed E-state index contributed by atoms with van der Waals surface area (Å²) >= 11 is 0. The summed E-state index contributed by atoms with van der Waals surface area (Å²) in [5, 5.41) is 7.78. The number of aromatic nitrogens is 3. The molecule has 9 heteroatoms. The monoisotopic (exact) mass is 475 g/mol. The number of hydrogen-bond donors (Lipinski definition) is 1. The predicted octanol–water partition coefficient (Wildman–Crippen LogP) is 3.38. The van der Waals surface area contributed by atoms with Crippen molar-refractivity contribution in [3.8, 4) is 39.8 Å². The van der Waals surface area contributed by atoms with E-state index in [0.29, 0.717) is 40.7 Å². The number of imidazole rings is 1. The quantitative estimate of drug-likeness (QED) is 0.397. The second-order valence-corrected chi connectivity index (χ2v) is 8.19. The summed E-state index contributed by atoms with van der Waals surface area (Å²) in [6.45, 7) is 1.34. The zero-order chi connectivity index (χ0) is 24.9. The van der Waals surface area contributed by atoms with Gasteiger partial charge in [-0.3, -0.25) is 4.79 Å². The lowest BCUT2D eigenvalue weighted by atomic mass is 10.1. The van der Waals surface area contributed by atoms with Crippen LogP contribution in [0, 0.1) is 0 Å². The van der Waals surface area contributed by atoms with Crippen molar-refractivity contribution < 1.29 is 19.0 Å². The summed E-state index contributed by atoms with van der Waals surface area (Å²) in [7, 11) is 8.66. The van der Waals surface area contributed by atoms with E-state index in [1.54, 1.807) is 38.1 Å². The predicted molar refractivity (Wildman–Crippen MR) is 134 cm³/mol. The highest BCUT2D eigenvalue weighted by molar-refractivity contribution is 5.95.